The van der Waals surface area contributed by atoms with E-state index in [2.05, 4.69) is 35.1 Å². The lowest BCUT2D eigenvalue weighted by atomic mass is 9.88. The van der Waals surface area contributed by atoms with Crippen LogP contribution in [-0.4, -0.2) is 12.5 Å². The highest BCUT2D eigenvalue weighted by molar-refractivity contribution is 9.10. The van der Waals surface area contributed by atoms with Crippen molar-refractivity contribution in [1.82, 2.24) is 0 Å². The maximum atomic E-state index is 12.0. The maximum Gasteiger partial charge on any atom is 0.224 e. The molecule has 0 saturated carbocycles. The van der Waals surface area contributed by atoms with Gasteiger partial charge in [0.25, 0.3) is 0 Å². The van der Waals surface area contributed by atoms with Crippen LogP contribution < -0.4 is 11.1 Å². The summed E-state index contributed by atoms with van der Waals surface area (Å²) in [4.78, 5) is 12.0. The van der Waals surface area contributed by atoms with Gasteiger partial charge in [0.1, 0.15) is 0 Å². The summed E-state index contributed by atoms with van der Waals surface area (Å²) in [5.74, 6) is 1.17. The molecule has 3 N–H and O–H groups in total. The van der Waals surface area contributed by atoms with Gasteiger partial charge in [-0.25, -0.2) is 0 Å². The lowest BCUT2D eigenvalue weighted by Crippen LogP contribution is -2.18. The van der Waals surface area contributed by atoms with Crippen LogP contribution in [-0.2, 0) is 4.79 Å². The molecule has 0 aliphatic carbocycles. The molecule has 1 atom stereocenters. The van der Waals surface area contributed by atoms with E-state index < -0.39 is 0 Å². The number of carbonyl (C=O) groups is 1. The van der Waals surface area contributed by atoms with Gasteiger partial charge < -0.3 is 11.1 Å². The second-order valence-electron chi connectivity index (χ2n) is 5.69. The second-order valence-corrected chi connectivity index (χ2v) is 6.60. The first-order chi connectivity index (χ1) is 9.42. The number of halogens is 1. The van der Waals surface area contributed by atoms with E-state index in [-0.39, 0.29) is 5.91 Å². The first-order valence-corrected chi connectivity index (χ1v) is 7.98. The molecule has 4 heteroatoms. The Morgan fingerprint density at radius 2 is 2.00 bits per heavy atom. The van der Waals surface area contributed by atoms with Gasteiger partial charge in [-0.2, -0.15) is 0 Å². The number of nitrogens with one attached hydrogen (secondary N) is 1. The minimum Gasteiger partial charge on any atom is -0.330 e. The normalized spacial score (nSPS) is 12.5. The van der Waals surface area contributed by atoms with Crippen molar-refractivity contribution in [3.05, 3.63) is 28.2 Å². The van der Waals surface area contributed by atoms with E-state index in [4.69, 9.17) is 5.73 Å². The third kappa shape index (κ3) is 6.06. The summed E-state index contributed by atoms with van der Waals surface area (Å²) >= 11 is 3.44. The van der Waals surface area contributed by atoms with Gasteiger partial charge in [-0.3, -0.25) is 4.79 Å². The Kier molecular flexibility index (Phi) is 7.24. The summed E-state index contributed by atoms with van der Waals surface area (Å²) in [5.41, 5.74) is 7.60. The number of amides is 1. The number of nitrogens with two attached hydrogens (primary N) is 1. The summed E-state index contributed by atoms with van der Waals surface area (Å²) in [6.45, 7) is 7.08. The van der Waals surface area contributed by atoms with Gasteiger partial charge in [-0.1, -0.05) is 29.8 Å². The molecular formula is C16H25BrN2O. The van der Waals surface area contributed by atoms with Crippen molar-refractivity contribution < 1.29 is 4.79 Å². The Bertz CT molecular complexity index is 426. The lowest BCUT2D eigenvalue weighted by Gasteiger charge is -2.19. The molecule has 0 radical (unpaired) electrons. The molecule has 20 heavy (non-hydrogen) atoms. The first-order valence-electron chi connectivity index (χ1n) is 7.19. The number of hydrogen-bond donors (Lipinski definition) is 2. The molecule has 3 nitrogen and oxygen atoms in total. The summed E-state index contributed by atoms with van der Waals surface area (Å²) in [5, 5.41) is 2.96. The van der Waals surface area contributed by atoms with Crippen molar-refractivity contribution >= 4 is 27.5 Å². The Labute approximate surface area is 130 Å². The van der Waals surface area contributed by atoms with Crippen LogP contribution in [0.5, 0.6) is 0 Å². The second kappa shape index (κ2) is 8.42. The molecule has 0 saturated heterocycles. The number of benzene rings is 1. The highest BCUT2D eigenvalue weighted by Gasteiger charge is 2.14. The summed E-state index contributed by atoms with van der Waals surface area (Å²) in [6, 6.07) is 5.92. The Morgan fingerprint density at radius 1 is 1.30 bits per heavy atom. The molecule has 1 amide bonds. The van der Waals surface area contributed by atoms with Gasteiger partial charge in [0.05, 0.1) is 0 Å². The van der Waals surface area contributed by atoms with E-state index in [1.54, 1.807) is 0 Å². The van der Waals surface area contributed by atoms with Gasteiger partial charge in [0.15, 0.2) is 0 Å². The van der Waals surface area contributed by atoms with Gasteiger partial charge in [0, 0.05) is 16.6 Å². The smallest absolute Gasteiger partial charge is 0.224 e. The third-order valence-corrected chi connectivity index (χ3v) is 4.01. The van der Waals surface area contributed by atoms with Crippen molar-refractivity contribution in [2.24, 2.45) is 17.6 Å². The maximum absolute atomic E-state index is 12.0. The molecule has 1 unspecified atom stereocenters. The Morgan fingerprint density at radius 3 is 2.55 bits per heavy atom. The van der Waals surface area contributed by atoms with Crippen molar-refractivity contribution in [3.8, 4) is 0 Å². The van der Waals surface area contributed by atoms with Crippen LogP contribution in [0.15, 0.2) is 22.7 Å². The minimum absolute atomic E-state index is 0.0742. The zero-order valence-corrected chi connectivity index (χ0v) is 14.2. The first kappa shape index (κ1) is 17.2. The SMILES string of the molecule is Cc1cc(Br)cc(NC(=O)CCC(CCN)C(C)C)c1. The molecule has 0 fully saturated rings. The van der Waals surface area contributed by atoms with Crippen molar-refractivity contribution in [2.75, 3.05) is 11.9 Å². The van der Waals surface area contributed by atoms with E-state index in [1.165, 1.54) is 0 Å². The lowest BCUT2D eigenvalue weighted by molar-refractivity contribution is -0.116. The topological polar surface area (TPSA) is 55.1 Å². The van der Waals surface area contributed by atoms with E-state index in [0.29, 0.717) is 24.8 Å². The van der Waals surface area contributed by atoms with E-state index >= 15 is 0 Å². The van der Waals surface area contributed by atoms with Crippen molar-refractivity contribution in [1.29, 1.82) is 0 Å². The van der Waals surface area contributed by atoms with Crippen molar-refractivity contribution in [2.45, 2.75) is 40.0 Å². The third-order valence-electron chi connectivity index (χ3n) is 3.55. The number of rotatable bonds is 7. The average molecular weight is 341 g/mol. The highest BCUT2D eigenvalue weighted by Crippen LogP contribution is 2.22. The van der Waals surface area contributed by atoms with Crippen molar-refractivity contribution in [3.63, 3.8) is 0 Å². The van der Waals surface area contributed by atoms with E-state index in [9.17, 15) is 4.79 Å². The van der Waals surface area contributed by atoms with Gasteiger partial charge in [-0.05, 0) is 61.9 Å². The van der Waals surface area contributed by atoms with Crippen LogP contribution in [0.3, 0.4) is 0 Å². The molecule has 112 valence electrons. The monoisotopic (exact) mass is 340 g/mol. The molecule has 1 aromatic carbocycles. The summed E-state index contributed by atoms with van der Waals surface area (Å²) in [7, 11) is 0. The van der Waals surface area contributed by atoms with Crippen LogP contribution in [0.4, 0.5) is 5.69 Å². The largest absolute Gasteiger partial charge is 0.330 e. The van der Waals surface area contributed by atoms with Crippen LogP contribution in [0.25, 0.3) is 0 Å². The molecule has 0 aliphatic heterocycles. The number of anilines is 1. The summed E-state index contributed by atoms with van der Waals surface area (Å²) < 4.78 is 0.982. The predicted molar refractivity (Wildman–Crippen MR) is 88.7 cm³/mol. The quantitative estimate of drug-likeness (QED) is 0.785. The average Bonchev–Trinajstić information content (AvgIpc) is 2.32. The Hall–Kier alpha value is -0.870. The van der Waals surface area contributed by atoms with Gasteiger partial charge >= 0.3 is 0 Å². The zero-order chi connectivity index (χ0) is 15.1. The predicted octanol–water partition coefficient (Wildman–Crippen LogP) is 4.10. The molecule has 0 aliphatic rings. The fraction of sp³-hybridized carbons (Fsp3) is 0.562. The number of aryl methyl sites for hydroxylation is 1. The van der Waals surface area contributed by atoms with Crippen LogP contribution in [0.2, 0.25) is 0 Å². The van der Waals surface area contributed by atoms with Gasteiger partial charge in [-0.15, -0.1) is 0 Å². The molecule has 0 spiro atoms. The molecule has 0 bridgehead atoms. The van der Waals surface area contributed by atoms with Gasteiger partial charge in [0.2, 0.25) is 5.91 Å². The number of hydrogen-bond acceptors (Lipinski definition) is 2. The number of carbonyl (C=O) groups excluding carboxylic acids is 1. The minimum atomic E-state index is 0.0742. The molecule has 0 aromatic heterocycles. The highest BCUT2D eigenvalue weighted by atomic mass is 79.9. The van der Waals surface area contributed by atoms with Crippen LogP contribution in [0.1, 0.15) is 38.7 Å². The molecule has 1 rings (SSSR count). The molecular weight excluding hydrogens is 316 g/mol. The molecule has 0 heterocycles. The van der Waals surface area contributed by atoms with E-state index in [0.717, 1.165) is 28.6 Å². The fourth-order valence-corrected chi connectivity index (χ4v) is 2.98. The van der Waals surface area contributed by atoms with E-state index in [1.807, 2.05) is 25.1 Å². The standard InChI is InChI=1S/C16H25BrN2O/c1-11(2)13(6-7-18)4-5-16(20)19-15-9-12(3)8-14(17)10-15/h8-11,13H,4-7,18H2,1-3H3,(H,19,20). The Balaban J connectivity index is 2.50. The zero-order valence-electron chi connectivity index (χ0n) is 12.6. The fourth-order valence-electron chi connectivity index (χ4n) is 2.37. The summed E-state index contributed by atoms with van der Waals surface area (Å²) in [6.07, 6.45) is 2.43. The van der Waals surface area contributed by atoms with Crippen LogP contribution in [0, 0.1) is 18.8 Å². The van der Waals surface area contributed by atoms with Crippen LogP contribution >= 0.6 is 15.9 Å². The molecule has 1 aromatic rings.